The van der Waals surface area contributed by atoms with E-state index in [4.69, 9.17) is 5.73 Å². The van der Waals surface area contributed by atoms with Crippen molar-refractivity contribution in [2.75, 3.05) is 19.3 Å². The molecule has 0 saturated carbocycles. The summed E-state index contributed by atoms with van der Waals surface area (Å²) in [7, 11) is 1.82. The molecule has 0 heterocycles. The molecule has 0 spiro atoms. The van der Waals surface area contributed by atoms with Crippen LogP contribution in [0.25, 0.3) is 0 Å². The van der Waals surface area contributed by atoms with Crippen LogP contribution in [0, 0.1) is 0 Å². The van der Waals surface area contributed by atoms with Crippen molar-refractivity contribution >= 4 is 17.7 Å². The number of carbonyl (C=O) groups is 1. The number of rotatable bonds is 5. The Bertz CT molecular complexity index is 362. The number of nitrogens with two attached hydrogens (primary N) is 1. The van der Waals surface area contributed by atoms with Gasteiger partial charge >= 0.3 is 0 Å². The molecule has 1 aromatic carbocycles. The zero-order valence-electron chi connectivity index (χ0n) is 10.6. The van der Waals surface area contributed by atoms with Crippen molar-refractivity contribution in [3.05, 3.63) is 29.8 Å². The van der Waals surface area contributed by atoms with E-state index in [1.807, 2.05) is 45.2 Å². The normalized spacial score (nSPS) is 12.2. The summed E-state index contributed by atoms with van der Waals surface area (Å²) in [5.41, 5.74) is 6.89. The zero-order chi connectivity index (χ0) is 12.8. The summed E-state index contributed by atoms with van der Waals surface area (Å²) >= 11 is 1.56. The molecule has 4 heteroatoms. The zero-order valence-corrected chi connectivity index (χ0v) is 11.5. The van der Waals surface area contributed by atoms with E-state index >= 15 is 0 Å². The summed E-state index contributed by atoms with van der Waals surface area (Å²) in [5, 5.41) is 0. The van der Waals surface area contributed by atoms with Gasteiger partial charge in [0.15, 0.2) is 0 Å². The van der Waals surface area contributed by atoms with Gasteiger partial charge in [-0.3, -0.25) is 4.79 Å². The van der Waals surface area contributed by atoms with Crippen molar-refractivity contribution in [2.24, 2.45) is 5.73 Å². The predicted octanol–water partition coefficient (Wildman–Crippen LogP) is 2.28. The quantitative estimate of drug-likeness (QED) is 0.818. The molecule has 1 atom stereocenters. The van der Waals surface area contributed by atoms with E-state index in [2.05, 4.69) is 0 Å². The van der Waals surface area contributed by atoms with Crippen LogP contribution < -0.4 is 5.73 Å². The second kappa shape index (κ2) is 6.67. The fourth-order valence-electron chi connectivity index (χ4n) is 1.30. The molecular formula is C13H20N2OS. The van der Waals surface area contributed by atoms with Crippen LogP contribution >= 0.6 is 11.8 Å². The number of benzene rings is 1. The summed E-state index contributed by atoms with van der Waals surface area (Å²) in [4.78, 5) is 14.4. The Morgan fingerprint density at radius 3 is 2.47 bits per heavy atom. The Kier molecular flexibility index (Phi) is 5.51. The molecule has 94 valence electrons. The van der Waals surface area contributed by atoms with E-state index in [-0.39, 0.29) is 11.9 Å². The molecule has 1 aromatic rings. The van der Waals surface area contributed by atoms with Crippen molar-refractivity contribution in [3.63, 3.8) is 0 Å². The molecule has 1 amide bonds. The fourth-order valence-corrected chi connectivity index (χ4v) is 2.14. The lowest BCUT2D eigenvalue weighted by Crippen LogP contribution is -2.27. The molecule has 17 heavy (non-hydrogen) atoms. The first-order valence-corrected chi connectivity index (χ1v) is 6.75. The average Bonchev–Trinajstić information content (AvgIpc) is 2.35. The number of carbonyl (C=O) groups excluding carboxylic acids is 1. The smallest absolute Gasteiger partial charge is 0.232 e. The lowest BCUT2D eigenvalue weighted by atomic mass is 10.1. The maximum absolute atomic E-state index is 11.6. The lowest BCUT2D eigenvalue weighted by molar-refractivity contribution is -0.126. The Morgan fingerprint density at radius 1 is 1.41 bits per heavy atom. The van der Waals surface area contributed by atoms with Crippen LogP contribution in [-0.2, 0) is 4.79 Å². The van der Waals surface area contributed by atoms with Gasteiger partial charge in [-0.1, -0.05) is 12.1 Å². The highest BCUT2D eigenvalue weighted by Crippen LogP contribution is 2.20. The minimum Gasteiger partial charge on any atom is -0.345 e. The molecule has 1 unspecified atom stereocenters. The fraction of sp³-hybridized carbons (Fsp3) is 0.462. The molecule has 0 saturated heterocycles. The van der Waals surface area contributed by atoms with Crippen molar-refractivity contribution < 1.29 is 4.79 Å². The summed E-state index contributed by atoms with van der Waals surface area (Å²) in [6.45, 7) is 4.69. The van der Waals surface area contributed by atoms with Crippen LogP contribution in [0.2, 0.25) is 0 Å². The highest BCUT2D eigenvalue weighted by Gasteiger charge is 2.07. The van der Waals surface area contributed by atoms with Crippen molar-refractivity contribution in [2.45, 2.75) is 24.8 Å². The van der Waals surface area contributed by atoms with Crippen molar-refractivity contribution in [1.29, 1.82) is 0 Å². The van der Waals surface area contributed by atoms with Gasteiger partial charge in [-0.15, -0.1) is 11.8 Å². The molecule has 0 aliphatic heterocycles. The van der Waals surface area contributed by atoms with Crippen molar-refractivity contribution in [1.82, 2.24) is 4.90 Å². The van der Waals surface area contributed by atoms with Gasteiger partial charge < -0.3 is 10.6 Å². The molecule has 3 nitrogen and oxygen atoms in total. The Labute approximate surface area is 107 Å². The largest absolute Gasteiger partial charge is 0.345 e. The number of nitrogens with zero attached hydrogens (tertiary/aromatic N) is 1. The summed E-state index contributed by atoms with van der Waals surface area (Å²) in [6.07, 6.45) is 0. The molecule has 0 aliphatic carbocycles. The van der Waals surface area contributed by atoms with E-state index in [0.29, 0.717) is 5.75 Å². The predicted molar refractivity (Wildman–Crippen MR) is 73.1 cm³/mol. The van der Waals surface area contributed by atoms with Crippen molar-refractivity contribution in [3.8, 4) is 0 Å². The Hall–Kier alpha value is -1.00. The molecule has 0 fully saturated rings. The standard InChI is InChI=1S/C13H20N2OS/c1-4-15(3)13(16)9-17-12-7-5-11(6-8-12)10(2)14/h5-8,10H,4,9,14H2,1-3H3. The number of hydrogen-bond donors (Lipinski definition) is 1. The van der Waals surface area contributed by atoms with Crippen LogP contribution in [-0.4, -0.2) is 30.2 Å². The third-order valence-electron chi connectivity index (χ3n) is 2.67. The summed E-state index contributed by atoms with van der Waals surface area (Å²) in [5.74, 6) is 0.649. The minimum atomic E-state index is 0.0573. The Balaban J connectivity index is 2.50. The maximum atomic E-state index is 11.6. The van der Waals surface area contributed by atoms with E-state index in [0.717, 1.165) is 17.0 Å². The topological polar surface area (TPSA) is 46.3 Å². The van der Waals surface area contributed by atoms with Crippen LogP contribution in [0.4, 0.5) is 0 Å². The van der Waals surface area contributed by atoms with E-state index in [9.17, 15) is 4.79 Å². The summed E-state index contributed by atoms with van der Waals surface area (Å²) in [6, 6.07) is 8.12. The van der Waals surface area contributed by atoms with Gasteiger partial charge in [-0.25, -0.2) is 0 Å². The van der Waals surface area contributed by atoms with Crippen LogP contribution in [0.15, 0.2) is 29.2 Å². The monoisotopic (exact) mass is 252 g/mol. The molecular weight excluding hydrogens is 232 g/mol. The second-order valence-corrected chi connectivity index (χ2v) is 5.10. The first kappa shape index (κ1) is 14.1. The molecule has 1 rings (SSSR count). The van der Waals surface area contributed by atoms with Gasteiger partial charge in [0, 0.05) is 24.5 Å². The first-order valence-electron chi connectivity index (χ1n) is 5.77. The lowest BCUT2D eigenvalue weighted by Gasteiger charge is -2.14. The van der Waals surface area contributed by atoms with Crippen LogP contribution in [0.5, 0.6) is 0 Å². The number of hydrogen-bond acceptors (Lipinski definition) is 3. The highest BCUT2D eigenvalue weighted by molar-refractivity contribution is 8.00. The van der Waals surface area contributed by atoms with Gasteiger partial charge in [0.1, 0.15) is 0 Å². The first-order chi connectivity index (χ1) is 8.04. The number of amides is 1. The third kappa shape index (κ3) is 4.40. The minimum absolute atomic E-state index is 0.0573. The van der Waals surface area contributed by atoms with E-state index < -0.39 is 0 Å². The summed E-state index contributed by atoms with van der Waals surface area (Å²) < 4.78 is 0. The van der Waals surface area contributed by atoms with Gasteiger partial charge in [0.25, 0.3) is 0 Å². The average molecular weight is 252 g/mol. The molecule has 0 bridgehead atoms. The Morgan fingerprint density at radius 2 is 2.00 bits per heavy atom. The molecule has 0 radical (unpaired) electrons. The van der Waals surface area contributed by atoms with E-state index in [1.54, 1.807) is 16.7 Å². The van der Waals surface area contributed by atoms with Gasteiger partial charge in [-0.05, 0) is 31.5 Å². The van der Waals surface area contributed by atoms with Gasteiger partial charge in [0.05, 0.1) is 5.75 Å². The van der Waals surface area contributed by atoms with Gasteiger partial charge in [0.2, 0.25) is 5.91 Å². The third-order valence-corrected chi connectivity index (χ3v) is 3.67. The maximum Gasteiger partial charge on any atom is 0.232 e. The van der Waals surface area contributed by atoms with Gasteiger partial charge in [-0.2, -0.15) is 0 Å². The highest BCUT2D eigenvalue weighted by atomic mass is 32.2. The molecule has 2 N–H and O–H groups in total. The SMILES string of the molecule is CCN(C)C(=O)CSc1ccc(C(C)N)cc1. The number of thioether (sulfide) groups is 1. The molecule has 0 aromatic heterocycles. The molecule has 0 aliphatic rings. The van der Waals surface area contributed by atoms with Crippen LogP contribution in [0.3, 0.4) is 0 Å². The van der Waals surface area contributed by atoms with Crippen LogP contribution in [0.1, 0.15) is 25.5 Å². The second-order valence-electron chi connectivity index (χ2n) is 4.05. The van der Waals surface area contributed by atoms with E-state index in [1.165, 1.54) is 0 Å².